The van der Waals surface area contributed by atoms with Crippen LogP contribution in [0.5, 0.6) is 0 Å². The van der Waals surface area contributed by atoms with Crippen molar-refractivity contribution in [3.8, 4) is 0 Å². The van der Waals surface area contributed by atoms with E-state index in [1.807, 2.05) is 44.2 Å². The molecule has 1 aromatic carbocycles. The van der Waals surface area contributed by atoms with E-state index in [9.17, 15) is 24.5 Å². The van der Waals surface area contributed by atoms with Crippen LogP contribution in [0.4, 0.5) is 4.79 Å². The van der Waals surface area contributed by atoms with Crippen molar-refractivity contribution in [1.29, 1.82) is 0 Å². The van der Waals surface area contributed by atoms with Gasteiger partial charge in [-0.3, -0.25) is 19.7 Å². The van der Waals surface area contributed by atoms with Gasteiger partial charge < -0.3 is 20.7 Å². The summed E-state index contributed by atoms with van der Waals surface area (Å²) >= 11 is 4.32. The average Bonchev–Trinajstić information content (AvgIpc) is 3.15. The van der Waals surface area contributed by atoms with Crippen molar-refractivity contribution >= 4 is 30.5 Å². The Morgan fingerprint density at radius 1 is 1.27 bits per heavy atom. The number of alkyl carbamates (subject to hydrolysis) is 1. The van der Waals surface area contributed by atoms with E-state index in [0.717, 1.165) is 5.56 Å². The Morgan fingerprint density at radius 2 is 1.97 bits per heavy atom. The number of benzene rings is 1. The summed E-state index contributed by atoms with van der Waals surface area (Å²) in [6.07, 6.45) is 0.421. The molecule has 3 amide bonds. The maximum Gasteiger partial charge on any atom is 0.408 e. The van der Waals surface area contributed by atoms with Gasteiger partial charge in [-0.15, -0.1) is 0 Å². The van der Waals surface area contributed by atoms with Crippen molar-refractivity contribution in [3.63, 3.8) is 0 Å². The number of hydrogen-bond acceptors (Lipinski definition) is 7. The van der Waals surface area contributed by atoms with Crippen LogP contribution in [0.15, 0.2) is 30.3 Å². The van der Waals surface area contributed by atoms with Crippen LogP contribution in [0.1, 0.15) is 38.7 Å². The van der Waals surface area contributed by atoms with Crippen LogP contribution in [-0.2, 0) is 20.9 Å². The summed E-state index contributed by atoms with van der Waals surface area (Å²) < 4.78 is 5.23. The van der Waals surface area contributed by atoms with E-state index < -0.39 is 40.8 Å². The predicted octanol–water partition coefficient (Wildman–Crippen LogP) is 1.91. The number of nitrogens with zero attached hydrogens (tertiary/aromatic N) is 1. The van der Waals surface area contributed by atoms with Gasteiger partial charge in [0, 0.05) is 23.4 Å². The van der Waals surface area contributed by atoms with Crippen LogP contribution >= 0.6 is 12.6 Å². The molecule has 0 spiro atoms. The smallest absolute Gasteiger partial charge is 0.408 e. The van der Waals surface area contributed by atoms with Crippen LogP contribution in [0.25, 0.3) is 0 Å². The summed E-state index contributed by atoms with van der Waals surface area (Å²) in [5.41, 5.74) is 0.810. The van der Waals surface area contributed by atoms with Crippen LogP contribution < -0.4 is 16.0 Å². The fourth-order valence-electron chi connectivity index (χ4n) is 3.66. The van der Waals surface area contributed by atoms with Crippen LogP contribution in [-0.4, -0.2) is 53.3 Å². The van der Waals surface area contributed by atoms with E-state index in [-0.39, 0.29) is 30.8 Å². The van der Waals surface area contributed by atoms with Gasteiger partial charge in [0.15, 0.2) is 0 Å². The van der Waals surface area contributed by atoms with Gasteiger partial charge in [-0.2, -0.15) is 12.6 Å². The lowest BCUT2D eigenvalue weighted by Gasteiger charge is -2.27. The first kappa shape index (κ1) is 26.4. The Balaban J connectivity index is 2.03. The maximum absolute atomic E-state index is 13.1. The van der Waals surface area contributed by atoms with E-state index in [1.54, 1.807) is 0 Å². The zero-order valence-electron chi connectivity index (χ0n) is 18.9. The SMILES string of the molecule is CC(C)C[C@H](NC(=O)OCc1ccccc1)C(=O)N[C@@H](C[C@H]1CCNC1=O)[C@@H](S)C[N+](=O)[O-]. The molecule has 1 saturated heterocycles. The fraction of sp³-hybridized carbons (Fsp3) is 0.591. The molecule has 33 heavy (non-hydrogen) atoms. The van der Waals surface area contributed by atoms with Gasteiger partial charge in [0.1, 0.15) is 12.6 Å². The third-order valence-corrected chi connectivity index (χ3v) is 5.88. The average molecular weight is 481 g/mol. The quantitative estimate of drug-likeness (QED) is 0.205. The molecule has 1 heterocycles. The number of amides is 3. The molecule has 1 fully saturated rings. The molecule has 2 rings (SSSR count). The summed E-state index contributed by atoms with van der Waals surface area (Å²) in [4.78, 5) is 47.9. The summed E-state index contributed by atoms with van der Waals surface area (Å²) in [6.45, 7) is 3.94. The molecule has 11 heteroatoms. The lowest BCUT2D eigenvalue weighted by molar-refractivity contribution is -0.479. The zero-order chi connectivity index (χ0) is 24.4. The van der Waals surface area contributed by atoms with Gasteiger partial charge in [0.05, 0.1) is 5.25 Å². The third kappa shape index (κ3) is 9.29. The molecule has 0 aromatic heterocycles. The predicted molar refractivity (Wildman–Crippen MR) is 125 cm³/mol. The largest absolute Gasteiger partial charge is 0.445 e. The van der Waals surface area contributed by atoms with E-state index in [2.05, 4.69) is 28.6 Å². The van der Waals surface area contributed by atoms with E-state index in [0.29, 0.717) is 19.4 Å². The second-order valence-electron chi connectivity index (χ2n) is 8.60. The Morgan fingerprint density at radius 3 is 2.55 bits per heavy atom. The number of carbonyl (C=O) groups is 3. The third-order valence-electron chi connectivity index (χ3n) is 5.36. The minimum absolute atomic E-state index is 0.0592. The first-order valence-electron chi connectivity index (χ1n) is 11.0. The van der Waals surface area contributed by atoms with Crippen molar-refractivity contribution in [2.24, 2.45) is 11.8 Å². The molecule has 1 aliphatic rings. The highest BCUT2D eigenvalue weighted by molar-refractivity contribution is 7.81. The topological polar surface area (TPSA) is 140 Å². The van der Waals surface area contributed by atoms with Gasteiger partial charge in [0.2, 0.25) is 18.4 Å². The second kappa shape index (κ2) is 13.0. The first-order chi connectivity index (χ1) is 15.7. The van der Waals surface area contributed by atoms with E-state index >= 15 is 0 Å². The Hall–Kier alpha value is -2.82. The van der Waals surface area contributed by atoms with Gasteiger partial charge in [-0.25, -0.2) is 4.79 Å². The number of rotatable bonds is 12. The van der Waals surface area contributed by atoms with Crippen molar-refractivity contribution in [2.45, 2.75) is 57.1 Å². The molecule has 182 valence electrons. The molecule has 3 N–H and O–H groups in total. The van der Waals surface area contributed by atoms with Gasteiger partial charge in [0.25, 0.3) is 0 Å². The number of hydrogen-bond donors (Lipinski definition) is 4. The molecular formula is C22H32N4O6S. The summed E-state index contributed by atoms with van der Waals surface area (Å²) in [7, 11) is 0. The summed E-state index contributed by atoms with van der Waals surface area (Å²) in [5.74, 6) is -0.910. The highest BCUT2D eigenvalue weighted by Gasteiger charge is 2.34. The monoisotopic (exact) mass is 480 g/mol. The normalized spacial score (nSPS) is 18.2. The number of ether oxygens (including phenoxy) is 1. The lowest BCUT2D eigenvalue weighted by Crippen LogP contribution is -2.53. The molecule has 0 aliphatic carbocycles. The number of carbonyl (C=O) groups excluding carboxylic acids is 3. The maximum atomic E-state index is 13.1. The molecular weight excluding hydrogens is 448 g/mol. The molecule has 0 saturated carbocycles. The van der Waals surface area contributed by atoms with E-state index in [1.165, 1.54) is 0 Å². The summed E-state index contributed by atoms with van der Waals surface area (Å²) in [5, 5.41) is 18.3. The van der Waals surface area contributed by atoms with Crippen molar-refractivity contribution < 1.29 is 24.0 Å². The lowest BCUT2D eigenvalue weighted by atomic mass is 9.95. The van der Waals surface area contributed by atoms with Gasteiger partial charge >= 0.3 is 6.09 Å². The van der Waals surface area contributed by atoms with Crippen LogP contribution in [0.3, 0.4) is 0 Å². The molecule has 0 bridgehead atoms. The summed E-state index contributed by atoms with van der Waals surface area (Å²) in [6, 6.07) is 7.53. The molecule has 0 radical (unpaired) electrons. The Bertz CT molecular complexity index is 822. The van der Waals surface area contributed by atoms with Crippen molar-refractivity contribution in [2.75, 3.05) is 13.1 Å². The van der Waals surface area contributed by atoms with Crippen molar-refractivity contribution in [1.82, 2.24) is 16.0 Å². The highest BCUT2D eigenvalue weighted by Crippen LogP contribution is 2.20. The molecule has 1 aromatic rings. The van der Waals surface area contributed by atoms with E-state index in [4.69, 9.17) is 4.74 Å². The van der Waals surface area contributed by atoms with Crippen molar-refractivity contribution in [3.05, 3.63) is 46.0 Å². The van der Waals surface area contributed by atoms with Crippen LogP contribution in [0.2, 0.25) is 0 Å². The Labute approximate surface area is 198 Å². The fourth-order valence-corrected chi connectivity index (χ4v) is 3.99. The van der Waals surface area contributed by atoms with Gasteiger partial charge in [-0.1, -0.05) is 44.2 Å². The Kier molecular flexibility index (Phi) is 10.4. The standard InChI is InChI=1S/C22H32N4O6S/c1-14(2)10-18(25-22(29)32-13-15-6-4-3-5-7-15)21(28)24-17(19(33)12-26(30)31)11-16-8-9-23-20(16)27/h3-7,14,16-19,33H,8-13H2,1-2H3,(H,23,27)(H,24,28)(H,25,29)/t16-,17+,18+,19+/m1/s1. The molecule has 4 atom stereocenters. The van der Waals surface area contributed by atoms with Gasteiger partial charge in [-0.05, 0) is 30.7 Å². The molecule has 0 unspecified atom stereocenters. The molecule has 10 nitrogen and oxygen atoms in total. The number of thiol groups is 1. The number of nitro groups is 1. The van der Waals surface area contributed by atoms with Crippen LogP contribution in [0, 0.1) is 22.0 Å². The zero-order valence-corrected chi connectivity index (χ0v) is 19.8. The number of nitrogens with one attached hydrogen (secondary N) is 3. The minimum Gasteiger partial charge on any atom is -0.445 e. The first-order valence-corrected chi connectivity index (χ1v) is 11.5. The molecule has 1 aliphatic heterocycles. The minimum atomic E-state index is -0.899. The highest BCUT2D eigenvalue weighted by atomic mass is 32.1. The second-order valence-corrected chi connectivity index (χ2v) is 9.26.